The summed E-state index contributed by atoms with van der Waals surface area (Å²) in [5.74, 6) is -0.673. The summed E-state index contributed by atoms with van der Waals surface area (Å²) in [6.45, 7) is 6.01. The second-order valence-electron chi connectivity index (χ2n) is 6.46. The number of rotatable bonds is 3. The van der Waals surface area contributed by atoms with Crippen LogP contribution in [0, 0.1) is 5.82 Å². The highest BCUT2D eigenvalue weighted by Gasteiger charge is 2.33. The first-order chi connectivity index (χ1) is 10.3. The summed E-state index contributed by atoms with van der Waals surface area (Å²) in [6, 6.07) is 2.39. The molecule has 6 heteroatoms. The molecule has 0 aromatic carbocycles. The zero-order valence-corrected chi connectivity index (χ0v) is 13.1. The number of halogens is 1. The third-order valence-corrected chi connectivity index (χ3v) is 3.44. The lowest BCUT2D eigenvalue weighted by molar-refractivity contribution is 0.0223. The maximum absolute atomic E-state index is 12.8. The summed E-state index contributed by atoms with van der Waals surface area (Å²) in [7, 11) is 0. The summed E-state index contributed by atoms with van der Waals surface area (Å²) < 4.78 is 18.2. The van der Waals surface area contributed by atoms with Crippen LogP contribution in [-0.4, -0.2) is 39.9 Å². The quantitative estimate of drug-likeness (QED) is 0.805. The van der Waals surface area contributed by atoms with Crippen LogP contribution in [0.25, 0.3) is 0 Å². The minimum atomic E-state index is -0.563. The average Bonchev–Trinajstić information content (AvgIpc) is 2.85. The van der Waals surface area contributed by atoms with Crippen LogP contribution in [0.3, 0.4) is 0 Å². The molecule has 0 saturated carbocycles. The Morgan fingerprint density at radius 2 is 2.14 bits per heavy atom. The number of ketones is 1. The number of hydrogen-bond donors (Lipinski definition) is 0. The molecule has 22 heavy (non-hydrogen) atoms. The summed E-state index contributed by atoms with van der Waals surface area (Å²) in [5, 5.41) is 0. The number of nitrogens with zero attached hydrogens (tertiary/aromatic N) is 2. The largest absolute Gasteiger partial charge is 0.444 e. The van der Waals surface area contributed by atoms with Gasteiger partial charge in [-0.3, -0.25) is 9.78 Å². The molecule has 1 fully saturated rings. The van der Waals surface area contributed by atoms with Crippen molar-refractivity contribution < 1.29 is 18.7 Å². The van der Waals surface area contributed by atoms with Gasteiger partial charge in [0.05, 0.1) is 6.20 Å². The van der Waals surface area contributed by atoms with Crippen LogP contribution >= 0.6 is 0 Å². The van der Waals surface area contributed by atoms with E-state index in [1.54, 1.807) is 4.90 Å². The predicted octanol–water partition coefficient (Wildman–Crippen LogP) is 3.19. The second-order valence-corrected chi connectivity index (χ2v) is 6.46. The lowest BCUT2D eigenvalue weighted by atomic mass is 10.1. The Morgan fingerprint density at radius 3 is 2.73 bits per heavy atom. The fourth-order valence-corrected chi connectivity index (χ4v) is 2.47. The van der Waals surface area contributed by atoms with Crippen molar-refractivity contribution in [2.75, 3.05) is 6.54 Å². The van der Waals surface area contributed by atoms with Gasteiger partial charge in [0.1, 0.15) is 17.1 Å². The molecule has 2 heterocycles. The summed E-state index contributed by atoms with van der Waals surface area (Å²) in [5.41, 5.74) is -0.343. The number of amides is 1. The number of Topliss-reactive ketones (excluding diaryl/α,β-unsaturated/α-hetero) is 1. The normalized spacial score (nSPS) is 18.4. The number of likely N-dealkylation sites (tertiary alicyclic amines) is 1. The molecule has 1 unspecified atom stereocenters. The molecule has 1 aliphatic heterocycles. The Hall–Kier alpha value is -1.98. The smallest absolute Gasteiger partial charge is 0.410 e. The minimum absolute atomic E-state index is 0.178. The molecule has 1 aromatic rings. The van der Waals surface area contributed by atoms with E-state index in [4.69, 9.17) is 4.74 Å². The van der Waals surface area contributed by atoms with Crippen LogP contribution in [0.1, 0.15) is 50.5 Å². The van der Waals surface area contributed by atoms with Crippen molar-refractivity contribution in [3.8, 4) is 0 Å². The van der Waals surface area contributed by atoms with E-state index in [0.29, 0.717) is 6.54 Å². The molecule has 1 aliphatic rings. The monoisotopic (exact) mass is 308 g/mol. The number of carbonyl (C=O) groups excluding carboxylic acids is 2. The van der Waals surface area contributed by atoms with E-state index in [-0.39, 0.29) is 23.9 Å². The van der Waals surface area contributed by atoms with Crippen molar-refractivity contribution in [3.05, 3.63) is 29.8 Å². The van der Waals surface area contributed by atoms with Gasteiger partial charge in [-0.2, -0.15) is 0 Å². The lowest BCUT2D eigenvalue weighted by Crippen LogP contribution is -2.40. The van der Waals surface area contributed by atoms with E-state index in [0.717, 1.165) is 19.0 Å². The first-order valence-electron chi connectivity index (χ1n) is 7.40. The molecule has 1 saturated heterocycles. The second kappa shape index (κ2) is 6.42. The van der Waals surface area contributed by atoms with Gasteiger partial charge < -0.3 is 9.64 Å². The van der Waals surface area contributed by atoms with Gasteiger partial charge in [-0.25, -0.2) is 9.18 Å². The third kappa shape index (κ3) is 4.26. The van der Waals surface area contributed by atoms with E-state index < -0.39 is 17.5 Å². The molecule has 120 valence electrons. The van der Waals surface area contributed by atoms with E-state index >= 15 is 0 Å². The lowest BCUT2D eigenvalue weighted by Gasteiger charge is -2.28. The maximum atomic E-state index is 12.8. The van der Waals surface area contributed by atoms with Crippen LogP contribution in [0.15, 0.2) is 18.3 Å². The molecular formula is C16H21FN2O3. The first-order valence-corrected chi connectivity index (χ1v) is 7.40. The topological polar surface area (TPSA) is 59.5 Å². The zero-order valence-electron chi connectivity index (χ0n) is 13.1. The van der Waals surface area contributed by atoms with Crippen LogP contribution in [0.2, 0.25) is 0 Å². The molecule has 2 rings (SSSR count). The number of carbonyl (C=O) groups is 2. The average molecular weight is 308 g/mol. The molecule has 5 nitrogen and oxygen atoms in total. The fraction of sp³-hybridized carbons (Fsp3) is 0.562. The van der Waals surface area contributed by atoms with Gasteiger partial charge >= 0.3 is 6.09 Å². The molecular weight excluding hydrogens is 287 g/mol. The van der Waals surface area contributed by atoms with Gasteiger partial charge in [-0.05, 0) is 45.7 Å². The Bertz CT molecular complexity index is 552. The number of aromatic nitrogens is 1. The third-order valence-electron chi connectivity index (χ3n) is 3.44. The molecule has 1 aromatic heterocycles. The highest BCUT2D eigenvalue weighted by molar-refractivity contribution is 5.94. The molecule has 0 bridgehead atoms. The maximum Gasteiger partial charge on any atom is 0.410 e. The Kier molecular flexibility index (Phi) is 4.78. The Morgan fingerprint density at radius 1 is 1.41 bits per heavy atom. The van der Waals surface area contributed by atoms with Crippen LogP contribution in [0.5, 0.6) is 0 Å². The molecule has 1 amide bonds. The van der Waals surface area contributed by atoms with Gasteiger partial charge in [0, 0.05) is 19.0 Å². The number of pyridine rings is 1. The fourth-order valence-electron chi connectivity index (χ4n) is 2.47. The van der Waals surface area contributed by atoms with Crippen LogP contribution < -0.4 is 0 Å². The standard InChI is InChI=1S/C16H21FN2O3/c1-16(2,3)22-15(21)19-8-4-5-12(19)9-14(20)13-7-6-11(17)10-18-13/h6-7,10,12H,4-5,8-9H2,1-3H3. The number of hydrogen-bond acceptors (Lipinski definition) is 4. The minimum Gasteiger partial charge on any atom is -0.444 e. The van der Waals surface area contributed by atoms with Gasteiger partial charge in [0.15, 0.2) is 5.78 Å². The molecule has 1 atom stereocenters. The van der Waals surface area contributed by atoms with E-state index in [1.807, 2.05) is 20.8 Å². The van der Waals surface area contributed by atoms with Crippen molar-refractivity contribution in [3.63, 3.8) is 0 Å². The van der Waals surface area contributed by atoms with Crippen LogP contribution in [0.4, 0.5) is 9.18 Å². The summed E-state index contributed by atoms with van der Waals surface area (Å²) in [4.78, 5) is 29.8. The van der Waals surface area contributed by atoms with Gasteiger partial charge in [0.2, 0.25) is 0 Å². The summed E-state index contributed by atoms with van der Waals surface area (Å²) in [6.07, 6.45) is 2.40. The van der Waals surface area contributed by atoms with E-state index in [2.05, 4.69) is 4.98 Å². The van der Waals surface area contributed by atoms with E-state index in [9.17, 15) is 14.0 Å². The predicted molar refractivity (Wildman–Crippen MR) is 79.1 cm³/mol. The van der Waals surface area contributed by atoms with Crippen molar-refractivity contribution in [2.45, 2.75) is 51.7 Å². The van der Waals surface area contributed by atoms with Gasteiger partial charge in [-0.1, -0.05) is 0 Å². The SMILES string of the molecule is CC(C)(C)OC(=O)N1CCCC1CC(=O)c1ccc(F)cn1. The van der Waals surface area contributed by atoms with Crippen molar-refractivity contribution in [2.24, 2.45) is 0 Å². The van der Waals surface area contributed by atoms with Crippen molar-refractivity contribution in [1.29, 1.82) is 0 Å². The van der Waals surface area contributed by atoms with Crippen molar-refractivity contribution >= 4 is 11.9 Å². The molecule has 0 radical (unpaired) electrons. The van der Waals surface area contributed by atoms with Crippen molar-refractivity contribution in [1.82, 2.24) is 9.88 Å². The number of ether oxygens (including phenoxy) is 1. The highest BCUT2D eigenvalue weighted by atomic mass is 19.1. The molecule has 0 N–H and O–H groups in total. The van der Waals surface area contributed by atoms with Gasteiger partial charge in [0.25, 0.3) is 0 Å². The zero-order chi connectivity index (χ0) is 16.3. The Balaban J connectivity index is 2.00. The van der Waals surface area contributed by atoms with Gasteiger partial charge in [-0.15, -0.1) is 0 Å². The van der Waals surface area contributed by atoms with E-state index in [1.165, 1.54) is 12.1 Å². The summed E-state index contributed by atoms with van der Waals surface area (Å²) >= 11 is 0. The molecule has 0 spiro atoms. The highest BCUT2D eigenvalue weighted by Crippen LogP contribution is 2.24. The van der Waals surface area contributed by atoms with Crippen LogP contribution in [-0.2, 0) is 4.74 Å². The molecule has 0 aliphatic carbocycles. The first kappa shape index (κ1) is 16.4. The Labute approximate surface area is 129 Å².